The normalized spacial score (nSPS) is 13.6. The lowest BCUT2D eigenvalue weighted by molar-refractivity contribution is 0.0808. The first-order valence-electron chi connectivity index (χ1n) is 9.07. The third kappa shape index (κ3) is 3.16. The molecule has 4 rings (SSSR count). The molecule has 4 aromatic rings. The van der Waals surface area contributed by atoms with Gasteiger partial charge in [-0.2, -0.15) is 4.39 Å². The lowest BCUT2D eigenvalue weighted by atomic mass is 9.88. The fourth-order valence-corrected chi connectivity index (χ4v) is 5.12. The summed E-state index contributed by atoms with van der Waals surface area (Å²) in [5.41, 5.74) is -1.45. The van der Waals surface area contributed by atoms with Crippen LogP contribution in [-0.4, -0.2) is 22.5 Å². The van der Waals surface area contributed by atoms with Crippen LogP contribution in [0.2, 0.25) is 0 Å². The fourth-order valence-electron chi connectivity index (χ4n) is 3.52. The minimum absolute atomic E-state index is 0.0242. The number of nitrogens with zero attached hydrogens (tertiary/aromatic N) is 2. The Hall–Kier alpha value is -3.47. The second-order valence-electron chi connectivity index (χ2n) is 6.78. The van der Waals surface area contributed by atoms with Gasteiger partial charge in [0, 0.05) is 18.0 Å². The highest BCUT2D eigenvalue weighted by atomic mass is 32.2. The van der Waals surface area contributed by atoms with Crippen molar-refractivity contribution in [2.45, 2.75) is 16.9 Å². The van der Waals surface area contributed by atoms with E-state index >= 15 is 0 Å². The smallest absolute Gasteiger partial charge is 0.268 e. The first-order valence-corrected chi connectivity index (χ1v) is 10.5. The zero-order chi connectivity index (χ0) is 21.4. The van der Waals surface area contributed by atoms with Crippen molar-refractivity contribution in [1.82, 2.24) is 8.96 Å². The molecule has 0 radical (unpaired) electrons. The Morgan fingerprint density at radius 1 is 1.07 bits per heavy atom. The molecular weight excluding hydrogens is 403 g/mol. The van der Waals surface area contributed by atoms with Crippen LogP contribution in [0.15, 0.2) is 83.9 Å². The summed E-state index contributed by atoms with van der Waals surface area (Å²) in [5.74, 6) is 1.58. The topological polar surface area (TPSA) is 72.2 Å². The summed E-state index contributed by atoms with van der Waals surface area (Å²) in [5, 5.41) is 12.2. The number of benzene rings is 2. The molecule has 0 aliphatic rings. The van der Waals surface area contributed by atoms with E-state index in [1.807, 2.05) is 0 Å². The molecule has 150 valence electrons. The molecule has 2 aromatic heterocycles. The first-order chi connectivity index (χ1) is 14.4. The number of aromatic nitrogens is 2. The summed E-state index contributed by atoms with van der Waals surface area (Å²) >= 11 is 0. The van der Waals surface area contributed by atoms with Crippen LogP contribution in [0.3, 0.4) is 0 Å². The molecule has 30 heavy (non-hydrogen) atoms. The third-order valence-electron chi connectivity index (χ3n) is 4.93. The van der Waals surface area contributed by atoms with Crippen LogP contribution in [0.25, 0.3) is 10.9 Å². The van der Waals surface area contributed by atoms with Crippen LogP contribution < -0.4 is 0 Å². The number of fused-ring (bicyclic) bond motifs is 1. The van der Waals surface area contributed by atoms with Gasteiger partial charge in [0.2, 0.25) is 5.95 Å². The van der Waals surface area contributed by atoms with Gasteiger partial charge in [-0.1, -0.05) is 36.4 Å². The molecule has 1 unspecified atom stereocenters. The fraction of sp³-hybridized carbons (Fsp3) is 0.0870. The molecule has 7 heteroatoms. The predicted molar refractivity (Wildman–Crippen MR) is 112 cm³/mol. The monoisotopic (exact) mass is 420 g/mol. The first kappa shape index (κ1) is 19.8. The van der Waals surface area contributed by atoms with Crippen molar-refractivity contribution in [1.29, 1.82) is 0 Å². The molecule has 5 nitrogen and oxygen atoms in total. The second kappa shape index (κ2) is 7.41. The molecule has 0 bridgehead atoms. The summed E-state index contributed by atoms with van der Waals surface area (Å²) in [7, 11) is -4.09. The average molecular weight is 420 g/mol. The molecule has 0 amide bonds. The van der Waals surface area contributed by atoms with Crippen LogP contribution in [0, 0.1) is 18.3 Å². The summed E-state index contributed by atoms with van der Waals surface area (Å²) < 4.78 is 42.1. The highest BCUT2D eigenvalue weighted by Gasteiger charge is 2.38. The zero-order valence-electron chi connectivity index (χ0n) is 15.7. The molecule has 0 fully saturated rings. The molecule has 0 saturated heterocycles. The molecule has 1 N–H and O–H groups in total. The number of rotatable bonds is 5. The maximum atomic E-state index is 13.9. The number of pyridine rings is 1. The second-order valence-corrected chi connectivity index (χ2v) is 8.57. The SMILES string of the molecule is C#CCC(O)(c1ccnc(F)c1)c1cc2ccccc2n1S(=O)(=O)c1ccccc1. The number of terminal acetylenes is 1. The predicted octanol–water partition coefficient (Wildman–Crippen LogP) is 3.67. The summed E-state index contributed by atoms with van der Waals surface area (Å²) in [6.07, 6.45) is 6.45. The van der Waals surface area contributed by atoms with Crippen molar-refractivity contribution in [3.05, 3.63) is 96.2 Å². The van der Waals surface area contributed by atoms with Crippen molar-refractivity contribution >= 4 is 20.9 Å². The van der Waals surface area contributed by atoms with E-state index in [0.717, 1.165) is 10.0 Å². The highest BCUT2D eigenvalue weighted by Crippen LogP contribution is 2.38. The van der Waals surface area contributed by atoms with E-state index in [0.29, 0.717) is 10.9 Å². The van der Waals surface area contributed by atoms with Gasteiger partial charge in [-0.15, -0.1) is 12.3 Å². The van der Waals surface area contributed by atoms with Crippen molar-refractivity contribution in [2.24, 2.45) is 0 Å². The maximum absolute atomic E-state index is 13.9. The lowest BCUT2D eigenvalue weighted by Crippen LogP contribution is -2.32. The van der Waals surface area contributed by atoms with Crippen molar-refractivity contribution in [2.75, 3.05) is 0 Å². The van der Waals surface area contributed by atoms with Crippen LogP contribution in [-0.2, 0) is 15.6 Å². The van der Waals surface area contributed by atoms with E-state index in [1.165, 1.54) is 24.4 Å². The standard InChI is InChI=1S/C23H17FN2O3S/c1-2-13-23(27,18-12-14-25-22(24)16-18)21-15-17-8-6-7-11-20(17)26(21)30(28,29)19-9-4-3-5-10-19/h1,3-12,14-16,27H,13H2. The van der Waals surface area contributed by atoms with Crippen molar-refractivity contribution in [3.8, 4) is 12.3 Å². The number of halogens is 1. The lowest BCUT2D eigenvalue weighted by Gasteiger charge is -2.28. The van der Waals surface area contributed by atoms with E-state index in [2.05, 4.69) is 10.9 Å². The summed E-state index contributed by atoms with van der Waals surface area (Å²) in [4.78, 5) is 3.57. The maximum Gasteiger partial charge on any atom is 0.268 e. The molecule has 0 spiro atoms. The van der Waals surface area contributed by atoms with Gasteiger partial charge in [-0.05, 0) is 42.0 Å². The molecule has 0 saturated carbocycles. The van der Waals surface area contributed by atoms with E-state index in [4.69, 9.17) is 6.42 Å². The minimum Gasteiger partial charge on any atom is -0.378 e. The summed E-state index contributed by atoms with van der Waals surface area (Å²) in [6.45, 7) is 0. The van der Waals surface area contributed by atoms with E-state index < -0.39 is 21.6 Å². The molecular formula is C23H17FN2O3S. The molecule has 2 aromatic carbocycles. The quantitative estimate of drug-likeness (QED) is 0.395. The van der Waals surface area contributed by atoms with Crippen molar-refractivity contribution in [3.63, 3.8) is 0 Å². The van der Waals surface area contributed by atoms with Crippen LogP contribution in [0.4, 0.5) is 4.39 Å². The number of para-hydroxylation sites is 1. The van der Waals surface area contributed by atoms with Gasteiger partial charge < -0.3 is 5.11 Å². The Morgan fingerprint density at radius 3 is 2.47 bits per heavy atom. The average Bonchev–Trinajstić information content (AvgIpc) is 3.15. The highest BCUT2D eigenvalue weighted by molar-refractivity contribution is 7.90. The van der Waals surface area contributed by atoms with E-state index in [9.17, 15) is 17.9 Å². The van der Waals surface area contributed by atoms with Gasteiger partial charge in [-0.25, -0.2) is 17.4 Å². The molecule has 2 heterocycles. The van der Waals surface area contributed by atoms with Crippen LogP contribution in [0.1, 0.15) is 17.7 Å². The van der Waals surface area contributed by atoms with Crippen LogP contribution in [0.5, 0.6) is 0 Å². The third-order valence-corrected chi connectivity index (χ3v) is 6.68. The molecule has 0 aliphatic heterocycles. The largest absolute Gasteiger partial charge is 0.378 e. The van der Waals surface area contributed by atoms with Gasteiger partial charge in [0.15, 0.2) is 0 Å². The van der Waals surface area contributed by atoms with Gasteiger partial charge >= 0.3 is 0 Å². The Morgan fingerprint density at radius 2 is 1.77 bits per heavy atom. The number of hydrogen-bond donors (Lipinski definition) is 1. The van der Waals surface area contributed by atoms with Gasteiger partial charge in [0.25, 0.3) is 10.0 Å². The zero-order valence-corrected chi connectivity index (χ0v) is 16.6. The van der Waals surface area contributed by atoms with Gasteiger partial charge in [0.1, 0.15) is 5.60 Å². The Kier molecular flexibility index (Phi) is 4.90. The Balaban J connectivity index is 2.09. The van der Waals surface area contributed by atoms with Gasteiger partial charge in [-0.3, -0.25) is 0 Å². The summed E-state index contributed by atoms with van der Waals surface area (Å²) in [6, 6.07) is 18.8. The number of aliphatic hydroxyl groups is 1. The Labute approximate surface area is 173 Å². The molecule has 1 atom stereocenters. The minimum atomic E-state index is -4.09. The van der Waals surface area contributed by atoms with E-state index in [1.54, 1.807) is 48.5 Å². The molecule has 0 aliphatic carbocycles. The van der Waals surface area contributed by atoms with Crippen LogP contribution >= 0.6 is 0 Å². The van der Waals surface area contributed by atoms with Crippen molar-refractivity contribution < 1.29 is 17.9 Å². The Bertz CT molecular complexity index is 1370. The van der Waals surface area contributed by atoms with E-state index in [-0.39, 0.29) is 22.6 Å². The van der Waals surface area contributed by atoms with Gasteiger partial charge in [0.05, 0.1) is 16.1 Å². The number of hydrogen-bond acceptors (Lipinski definition) is 4.